The zero-order valence-electron chi connectivity index (χ0n) is 19.2. The van der Waals surface area contributed by atoms with Gasteiger partial charge in [0.05, 0.1) is 23.8 Å². The number of nitriles is 1. The summed E-state index contributed by atoms with van der Waals surface area (Å²) in [5.41, 5.74) is 10.7. The minimum atomic E-state index is -0.491. The van der Waals surface area contributed by atoms with E-state index in [0.717, 1.165) is 33.7 Å². The molecule has 0 fully saturated rings. The Morgan fingerprint density at radius 2 is 1.74 bits per heavy atom. The Morgan fingerprint density at radius 1 is 1.00 bits per heavy atom. The molecule has 0 saturated heterocycles. The van der Waals surface area contributed by atoms with Crippen molar-refractivity contribution in [3.63, 3.8) is 0 Å². The predicted molar refractivity (Wildman–Crippen MR) is 132 cm³/mol. The van der Waals surface area contributed by atoms with Gasteiger partial charge in [0, 0.05) is 11.1 Å². The van der Waals surface area contributed by atoms with Crippen LogP contribution in [0.4, 0.5) is 0 Å². The Bertz CT molecular complexity index is 1400. The third-order valence-electron chi connectivity index (χ3n) is 5.86. The second-order valence-electron chi connectivity index (χ2n) is 8.01. The number of hydrogen-bond donors (Lipinski definition) is 2. The highest BCUT2D eigenvalue weighted by molar-refractivity contribution is 5.72. The number of aromatic amines is 1. The van der Waals surface area contributed by atoms with Crippen molar-refractivity contribution in [3.8, 4) is 34.7 Å². The van der Waals surface area contributed by atoms with E-state index in [1.165, 1.54) is 0 Å². The van der Waals surface area contributed by atoms with E-state index >= 15 is 0 Å². The molecule has 0 aliphatic carbocycles. The molecule has 1 aromatic heterocycles. The number of nitrogens with two attached hydrogens (primary N) is 1. The quantitative estimate of drug-likeness (QED) is 0.386. The largest absolute Gasteiger partial charge is 0.494 e. The van der Waals surface area contributed by atoms with Gasteiger partial charge in [0.1, 0.15) is 29.7 Å². The number of H-pyrrole nitrogens is 1. The van der Waals surface area contributed by atoms with Crippen LogP contribution in [-0.4, -0.2) is 16.8 Å². The fraction of sp³-hybridized carbons (Fsp3) is 0.143. The van der Waals surface area contributed by atoms with Crippen molar-refractivity contribution in [2.45, 2.75) is 19.4 Å². The maximum Gasteiger partial charge on any atom is 0.244 e. The van der Waals surface area contributed by atoms with Crippen molar-refractivity contribution in [1.29, 1.82) is 5.26 Å². The van der Waals surface area contributed by atoms with Gasteiger partial charge in [-0.15, -0.1) is 5.10 Å². The molecule has 1 aliphatic heterocycles. The van der Waals surface area contributed by atoms with Gasteiger partial charge in [-0.3, -0.25) is 5.10 Å². The Labute approximate surface area is 203 Å². The van der Waals surface area contributed by atoms with Crippen LogP contribution < -0.4 is 19.9 Å². The number of hydrogen-bond acceptors (Lipinski definition) is 6. The van der Waals surface area contributed by atoms with Gasteiger partial charge in [-0.2, -0.15) is 5.26 Å². The molecule has 7 heteroatoms. The van der Waals surface area contributed by atoms with Gasteiger partial charge in [-0.05, 0) is 42.8 Å². The maximum atomic E-state index is 9.97. The lowest BCUT2D eigenvalue weighted by Gasteiger charge is -2.25. The smallest absolute Gasteiger partial charge is 0.244 e. The van der Waals surface area contributed by atoms with Crippen LogP contribution in [0.15, 0.2) is 90.3 Å². The molecule has 4 aromatic rings. The molecule has 1 aliphatic rings. The lowest BCUT2D eigenvalue weighted by molar-refractivity contribution is 0.306. The summed E-state index contributed by atoms with van der Waals surface area (Å²) in [5.74, 6) is 1.33. The molecule has 5 rings (SSSR count). The van der Waals surface area contributed by atoms with E-state index in [4.69, 9.17) is 19.9 Å². The highest BCUT2D eigenvalue weighted by Gasteiger charge is 2.37. The number of aromatic nitrogens is 2. The van der Waals surface area contributed by atoms with Gasteiger partial charge in [-0.1, -0.05) is 48.5 Å². The molecule has 3 N–H and O–H groups in total. The first kappa shape index (κ1) is 22.1. The first-order valence-corrected chi connectivity index (χ1v) is 11.3. The Hall–Kier alpha value is -4.70. The number of para-hydroxylation sites is 1. The first-order chi connectivity index (χ1) is 17.2. The molecule has 174 valence electrons. The standard InChI is InChI=1S/C28H24N4O3/c1-2-33-23-11-7-6-10-21(23)24-22(16-29)27(30)35-28-25(24)26(31-32-28)19-12-14-20(15-13-19)34-17-18-8-4-3-5-9-18/h3-15,24H,2,17,30H2,1H3,(H,31,32)/t24-/m1/s1. The number of benzene rings is 3. The summed E-state index contributed by atoms with van der Waals surface area (Å²) >= 11 is 0. The van der Waals surface area contributed by atoms with Crippen molar-refractivity contribution in [1.82, 2.24) is 10.2 Å². The van der Waals surface area contributed by atoms with E-state index in [1.54, 1.807) is 0 Å². The highest BCUT2D eigenvalue weighted by atomic mass is 16.5. The fourth-order valence-corrected chi connectivity index (χ4v) is 4.24. The van der Waals surface area contributed by atoms with Crippen LogP contribution in [-0.2, 0) is 6.61 Å². The minimum Gasteiger partial charge on any atom is -0.494 e. The zero-order valence-corrected chi connectivity index (χ0v) is 19.2. The summed E-state index contributed by atoms with van der Waals surface area (Å²) in [5, 5.41) is 17.4. The second-order valence-corrected chi connectivity index (χ2v) is 8.01. The van der Waals surface area contributed by atoms with Gasteiger partial charge in [0.2, 0.25) is 11.8 Å². The van der Waals surface area contributed by atoms with Crippen LogP contribution in [0.3, 0.4) is 0 Å². The van der Waals surface area contributed by atoms with E-state index < -0.39 is 5.92 Å². The Morgan fingerprint density at radius 3 is 2.49 bits per heavy atom. The van der Waals surface area contributed by atoms with Crippen LogP contribution in [0.1, 0.15) is 29.5 Å². The van der Waals surface area contributed by atoms with Gasteiger partial charge in [-0.25, -0.2) is 0 Å². The average molecular weight is 465 g/mol. The number of fused-ring (bicyclic) bond motifs is 1. The van der Waals surface area contributed by atoms with E-state index in [0.29, 0.717) is 30.4 Å². The van der Waals surface area contributed by atoms with Crippen LogP contribution in [0, 0.1) is 11.3 Å². The van der Waals surface area contributed by atoms with Gasteiger partial charge >= 0.3 is 0 Å². The van der Waals surface area contributed by atoms with Gasteiger partial charge in [0.25, 0.3) is 0 Å². The molecule has 0 radical (unpaired) electrons. The Kier molecular flexibility index (Phi) is 6.10. The van der Waals surface area contributed by atoms with Crippen molar-refractivity contribution in [2.75, 3.05) is 6.61 Å². The molecule has 0 unspecified atom stereocenters. The monoisotopic (exact) mass is 464 g/mol. The zero-order chi connectivity index (χ0) is 24.2. The molecule has 2 heterocycles. The highest BCUT2D eigenvalue weighted by Crippen LogP contribution is 2.47. The summed E-state index contributed by atoms with van der Waals surface area (Å²) in [6.45, 7) is 2.91. The molecular formula is C28H24N4O3. The fourth-order valence-electron chi connectivity index (χ4n) is 4.24. The van der Waals surface area contributed by atoms with Crippen molar-refractivity contribution in [3.05, 3.63) is 107 Å². The molecule has 35 heavy (non-hydrogen) atoms. The summed E-state index contributed by atoms with van der Waals surface area (Å²) < 4.78 is 17.5. The molecule has 0 amide bonds. The van der Waals surface area contributed by atoms with Crippen LogP contribution in [0.25, 0.3) is 11.3 Å². The normalized spacial score (nSPS) is 14.6. The van der Waals surface area contributed by atoms with Crippen LogP contribution in [0.2, 0.25) is 0 Å². The number of rotatable bonds is 7. The predicted octanol–water partition coefficient (Wildman–Crippen LogP) is 5.27. The molecule has 3 aromatic carbocycles. The minimum absolute atomic E-state index is 0.0408. The number of allylic oxidation sites excluding steroid dienone is 1. The lowest BCUT2D eigenvalue weighted by atomic mass is 9.82. The van der Waals surface area contributed by atoms with E-state index in [2.05, 4.69) is 16.3 Å². The molecule has 0 spiro atoms. The van der Waals surface area contributed by atoms with Crippen molar-refractivity contribution < 1.29 is 14.2 Å². The van der Waals surface area contributed by atoms with E-state index in [-0.39, 0.29) is 5.88 Å². The van der Waals surface area contributed by atoms with E-state index in [9.17, 15) is 5.26 Å². The average Bonchev–Trinajstić information content (AvgIpc) is 3.31. The van der Waals surface area contributed by atoms with Crippen molar-refractivity contribution in [2.24, 2.45) is 5.73 Å². The third-order valence-corrected chi connectivity index (χ3v) is 5.86. The molecule has 0 saturated carbocycles. The molecule has 7 nitrogen and oxygen atoms in total. The van der Waals surface area contributed by atoms with Gasteiger partial charge < -0.3 is 19.9 Å². The third kappa shape index (κ3) is 4.30. The second kappa shape index (κ2) is 9.65. The Balaban J connectivity index is 1.51. The SMILES string of the molecule is CCOc1ccccc1[C@@H]1C(C#N)=C(N)Oc2n[nH]c(-c3ccc(OCc4ccccc4)cc3)c21. The van der Waals surface area contributed by atoms with E-state index in [1.807, 2.05) is 85.8 Å². The number of ether oxygens (including phenoxy) is 3. The van der Waals surface area contributed by atoms with Gasteiger partial charge in [0.15, 0.2) is 0 Å². The van der Waals surface area contributed by atoms with Crippen LogP contribution >= 0.6 is 0 Å². The summed E-state index contributed by atoms with van der Waals surface area (Å²) in [4.78, 5) is 0. The molecule has 1 atom stereocenters. The molecular weight excluding hydrogens is 440 g/mol. The number of nitrogens with one attached hydrogen (secondary N) is 1. The maximum absolute atomic E-state index is 9.97. The van der Waals surface area contributed by atoms with Crippen LogP contribution in [0.5, 0.6) is 17.4 Å². The lowest BCUT2D eigenvalue weighted by Crippen LogP contribution is -2.21. The summed E-state index contributed by atoms with van der Waals surface area (Å²) in [6, 6.07) is 27.6. The number of nitrogens with zero attached hydrogens (tertiary/aromatic N) is 2. The first-order valence-electron chi connectivity index (χ1n) is 11.3. The topological polar surface area (TPSA) is 106 Å². The summed E-state index contributed by atoms with van der Waals surface area (Å²) in [6.07, 6.45) is 0. The summed E-state index contributed by atoms with van der Waals surface area (Å²) in [7, 11) is 0. The van der Waals surface area contributed by atoms with Crippen molar-refractivity contribution >= 4 is 0 Å². The molecule has 0 bridgehead atoms.